The molecule has 0 aromatic heterocycles. The van der Waals surface area contributed by atoms with Crippen LogP contribution in [0.25, 0.3) is 0 Å². The van der Waals surface area contributed by atoms with Gasteiger partial charge in [-0.15, -0.1) is 0 Å². The van der Waals surface area contributed by atoms with E-state index >= 15 is 0 Å². The number of rotatable bonds is 3. The van der Waals surface area contributed by atoms with Crippen molar-refractivity contribution in [2.45, 2.75) is 19.3 Å². The first-order chi connectivity index (χ1) is 11.8. The Kier molecular flexibility index (Phi) is 4.72. The maximum atomic E-state index is 12.8. The quantitative estimate of drug-likeness (QED) is 0.919. The van der Waals surface area contributed by atoms with Crippen LogP contribution in [0.3, 0.4) is 0 Å². The maximum absolute atomic E-state index is 12.8. The second-order valence-corrected chi connectivity index (χ2v) is 7.20. The monoisotopic (exact) mass is 329 g/mol. The Hall–Kier alpha value is -1.59. The van der Waals surface area contributed by atoms with Crippen LogP contribution in [0.2, 0.25) is 0 Å². The average molecular weight is 329 g/mol. The first kappa shape index (κ1) is 15.9. The fraction of sp³-hybridized carbons (Fsp3) is 0.632. The lowest BCUT2D eigenvalue weighted by molar-refractivity contribution is 0.0243. The molecule has 0 saturated carbocycles. The van der Waals surface area contributed by atoms with Crippen molar-refractivity contribution in [2.75, 3.05) is 57.8 Å². The molecule has 24 heavy (non-hydrogen) atoms. The van der Waals surface area contributed by atoms with Crippen molar-refractivity contribution in [1.29, 1.82) is 0 Å². The Balaban J connectivity index is 1.31. The first-order valence-corrected chi connectivity index (χ1v) is 9.26. The van der Waals surface area contributed by atoms with Gasteiger partial charge in [0, 0.05) is 50.5 Å². The number of carbonyl (C=O) groups excluding carboxylic acids is 1. The summed E-state index contributed by atoms with van der Waals surface area (Å²) < 4.78 is 5.42. The molecule has 0 radical (unpaired) electrons. The molecule has 5 nitrogen and oxygen atoms in total. The minimum absolute atomic E-state index is 0.203. The molecule has 1 N–H and O–H groups in total. The number of nitrogens with zero attached hydrogens (tertiary/aromatic N) is 2. The molecule has 2 fully saturated rings. The SMILES string of the molecule is O=C(c1ccc2c(c1)CCN2)N1CCC(CN2CCOCC2)CC1. The number of piperidine rings is 1. The Labute approximate surface area is 144 Å². The molecule has 4 rings (SSSR count). The molecular weight excluding hydrogens is 302 g/mol. The summed E-state index contributed by atoms with van der Waals surface area (Å²) in [5, 5.41) is 3.35. The van der Waals surface area contributed by atoms with Crippen LogP contribution in [-0.4, -0.2) is 68.2 Å². The van der Waals surface area contributed by atoms with Gasteiger partial charge in [-0.3, -0.25) is 9.69 Å². The Morgan fingerprint density at radius 3 is 2.75 bits per heavy atom. The predicted molar refractivity (Wildman–Crippen MR) is 94.5 cm³/mol. The number of hydrogen-bond acceptors (Lipinski definition) is 4. The number of ether oxygens (including phenoxy) is 1. The van der Waals surface area contributed by atoms with Gasteiger partial charge in [0.2, 0.25) is 0 Å². The summed E-state index contributed by atoms with van der Waals surface area (Å²) in [7, 11) is 0. The van der Waals surface area contributed by atoms with Gasteiger partial charge in [0.25, 0.3) is 5.91 Å². The molecule has 1 amide bonds. The number of fused-ring (bicyclic) bond motifs is 1. The van der Waals surface area contributed by atoms with Crippen LogP contribution < -0.4 is 5.32 Å². The second kappa shape index (κ2) is 7.11. The number of benzene rings is 1. The van der Waals surface area contributed by atoms with Crippen molar-refractivity contribution >= 4 is 11.6 Å². The Morgan fingerprint density at radius 2 is 1.96 bits per heavy atom. The molecule has 0 spiro atoms. The fourth-order valence-corrected chi connectivity index (χ4v) is 4.09. The van der Waals surface area contributed by atoms with E-state index in [-0.39, 0.29) is 5.91 Å². The molecular formula is C19H27N3O2. The van der Waals surface area contributed by atoms with Gasteiger partial charge in [-0.25, -0.2) is 0 Å². The van der Waals surface area contributed by atoms with Crippen LogP contribution in [0, 0.1) is 5.92 Å². The molecule has 0 bridgehead atoms. The number of hydrogen-bond donors (Lipinski definition) is 1. The molecule has 3 aliphatic rings. The minimum atomic E-state index is 0.203. The third-order valence-corrected chi connectivity index (χ3v) is 5.58. The number of anilines is 1. The zero-order valence-corrected chi connectivity index (χ0v) is 14.3. The molecule has 1 aromatic rings. The maximum Gasteiger partial charge on any atom is 0.253 e. The minimum Gasteiger partial charge on any atom is -0.384 e. The van der Waals surface area contributed by atoms with E-state index in [1.807, 2.05) is 11.0 Å². The lowest BCUT2D eigenvalue weighted by Crippen LogP contribution is -2.44. The lowest BCUT2D eigenvalue weighted by atomic mass is 9.95. The van der Waals surface area contributed by atoms with E-state index in [0.29, 0.717) is 0 Å². The highest BCUT2D eigenvalue weighted by Gasteiger charge is 2.26. The van der Waals surface area contributed by atoms with Crippen molar-refractivity contribution in [2.24, 2.45) is 5.92 Å². The summed E-state index contributed by atoms with van der Waals surface area (Å²) in [6.07, 6.45) is 3.27. The topological polar surface area (TPSA) is 44.8 Å². The molecule has 0 aliphatic carbocycles. The standard InChI is InChI=1S/C19H27N3O2/c23-19(17-1-2-18-16(13-17)3-6-20-18)22-7-4-15(5-8-22)14-21-9-11-24-12-10-21/h1-2,13,15,20H,3-12,14H2. The van der Waals surface area contributed by atoms with E-state index in [9.17, 15) is 4.79 Å². The molecule has 0 unspecified atom stereocenters. The van der Waals surface area contributed by atoms with Gasteiger partial charge in [-0.2, -0.15) is 0 Å². The van der Waals surface area contributed by atoms with Crippen molar-refractivity contribution < 1.29 is 9.53 Å². The largest absolute Gasteiger partial charge is 0.384 e. The second-order valence-electron chi connectivity index (χ2n) is 7.20. The Bertz CT molecular complexity index is 590. The summed E-state index contributed by atoms with van der Waals surface area (Å²) in [5.41, 5.74) is 3.32. The van der Waals surface area contributed by atoms with Gasteiger partial charge in [-0.05, 0) is 48.9 Å². The zero-order chi connectivity index (χ0) is 16.4. The van der Waals surface area contributed by atoms with Crippen LogP contribution >= 0.6 is 0 Å². The third kappa shape index (κ3) is 3.42. The van der Waals surface area contributed by atoms with Crippen molar-refractivity contribution in [1.82, 2.24) is 9.80 Å². The number of amides is 1. The molecule has 3 heterocycles. The summed E-state index contributed by atoms with van der Waals surface area (Å²) in [6.45, 7) is 7.78. The van der Waals surface area contributed by atoms with Crippen LogP contribution in [0.15, 0.2) is 18.2 Å². The zero-order valence-electron chi connectivity index (χ0n) is 14.3. The summed E-state index contributed by atoms with van der Waals surface area (Å²) in [5.74, 6) is 0.922. The van der Waals surface area contributed by atoms with Gasteiger partial charge in [0.1, 0.15) is 0 Å². The van der Waals surface area contributed by atoms with Gasteiger partial charge < -0.3 is 15.0 Å². The van der Waals surface area contributed by atoms with Gasteiger partial charge in [-0.1, -0.05) is 0 Å². The first-order valence-electron chi connectivity index (χ1n) is 9.26. The molecule has 2 saturated heterocycles. The third-order valence-electron chi connectivity index (χ3n) is 5.58. The van der Waals surface area contributed by atoms with Crippen LogP contribution in [-0.2, 0) is 11.2 Å². The van der Waals surface area contributed by atoms with E-state index < -0.39 is 0 Å². The van der Waals surface area contributed by atoms with Crippen molar-refractivity contribution in [3.05, 3.63) is 29.3 Å². The molecule has 5 heteroatoms. The van der Waals surface area contributed by atoms with Crippen LogP contribution in [0.1, 0.15) is 28.8 Å². The van der Waals surface area contributed by atoms with Crippen LogP contribution in [0.5, 0.6) is 0 Å². The van der Waals surface area contributed by atoms with E-state index in [2.05, 4.69) is 22.3 Å². The summed E-state index contributed by atoms with van der Waals surface area (Å²) >= 11 is 0. The Morgan fingerprint density at radius 1 is 1.17 bits per heavy atom. The van der Waals surface area contributed by atoms with E-state index in [0.717, 1.165) is 83.2 Å². The average Bonchev–Trinajstić information content (AvgIpc) is 3.10. The highest BCUT2D eigenvalue weighted by molar-refractivity contribution is 5.95. The predicted octanol–water partition coefficient (Wildman–Crippen LogP) is 1.84. The van der Waals surface area contributed by atoms with Gasteiger partial charge >= 0.3 is 0 Å². The van der Waals surface area contributed by atoms with E-state index in [4.69, 9.17) is 4.74 Å². The van der Waals surface area contributed by atoms with E-state index in [1.54, 1.807) is 0 Å². The number of morpholine rings is 1. The lowest BCUT2D eigenvalue weighted by Gasteiger charge is -2.36. The highest BCUT2D eigenvalue weighted by Crippen LogP contribution is 2.25. The van der Waals surface area contributed by atoms with E-state index in [1.165, 1.54) is 11.3 Å². The van der Waals surface area contributed by atoms with Gasteiger partial charge in [0.05, 0.1) is 13.2 Å². The number of nitrogens with one attached hydrogen (secondary N) is 1. The fourth-order valence-electron chi connectivity index (χ4n) is 4.09. The van der Waals surface area contributed by atoms with Crippen LogP contribution in [0.4, 0.5) is 5.69 Å². The number of carbonyl (C=O) groups is 1. The highest BCUT2D eigenvalue weighted by atomic mass is 16.5. The molecule has 0 atom stereocenters. The molecule has 1 aromatic carbocycles. The molecule has 3 aliphatic heterocycles. The smallest absolute Gasteiger partial charge is 0.253 e. The summed E-state index contributed by atoms with van der Waals surface area (Å²) in [4.78, 5) is 17.3. The number of likely N-dealkylation sites (tertiary alicyclic amines) is 1. The van der Waals surface area contributed by atoms with Gasteiger partial charge in [0.15, 0.2) is 0 Å². The van der Waals surface area contributed by atoms with Crippen molar-refractivity contribution in [3.8, 4) is 0 Å². The molecule has 130 valence electrons. The van der Waals surface area contributed by atoms with Crippen molar-refractivity contribution in [3.63, 3.8) is 0 Å². The normalized spacial score (nSPS) is 22.2. The summed E-state index contributed by atoms with van der Waals surface area (Å²) in [6, 6.07) is 6.11.